The maximum absolute atomic E-state index is 4.47. The van der Waals surface area contributed by atoms with Gasteiger partial charge in [-0.15, -0.1) is 24.0 Å². The Morgan fingerprint density at radius 1 is 1.06 bits per heavy atom. The van der Waals surface area contributed by atoms with E-state index in [-0.39, 0.29) is 24.0 Å². The Balaban J connectivity index is 0.00000341. The first-order valence-corrected chi connectivity index (χ1v) is 11.0. The Bertz CT molecular complexity index is 809. The zero-order chi connectivity index (χ0) is 21.3. The molecule has 2 unspecified atom stereocenters. The number of hydrogen-bond acceptors (Lipinski definition) is 3. The predicted octanol–water partition coefficient (Wildman–Crippen LogP) is 4.08. The second kappa shape index (κ2) is 13.0. The number of guanidine groups is 1. The summed E-state index contributed by atoms with van der Waals surface area (Å²) in [5.41, 5.74) is 4.07. The molecule has 1 heterocycles. The highest BCUT2D eigenvalue weighted by molar-refractivity contribution is 14.0. The molecule has 1 fully saturated rings. The van der Waals surface area contributed by atoms with Crippen LogP contribution >= 0.6 is 24.0 Å². The minimum atomic E-state index is 0. The zero-order valence-corrected chi connectivity index (χ0v) is 21.7. The van der Waals surface area contributed by atoms with Gasteiger partial charge in [-0.3, -0.25) is 9.89 Å². The summed E-state index contributed by atoms with van der Waals surface area (Å²) in [5, 5.41) is 7.17. The van der Waals surface area contributed by atoms with Crippen LogP contribution in [0.1, 0.15) is 36.5 Å². The van der Waals surface area contributed by atoms with Gasteiger partial charge in [0.1, 0.15) is 0 Å². The van der Waals surface area contributed by atoms with Gasteiger partial charge < -0.3 is 15.5 Å². The molecular weight excluding hydrogens is 497 g/mol. The van der Waals surface area contributed by atoms with Crippen LogP contribution in [0.25, 0.3) is 0 Å². The summed E-state index contributed by atoms with van der Waals surface area (Å²) in [6.07, 6.45) is 2.26. The second-order valence-electron chi connectivity index (χ2n) is 8.60. The number of nitrogens with one attached hydrogen (secondary N) is 2. The summed E-state index contributed by atoms with van der Waals surface area (Å²) < 4.78 is 0. The van der Waals surface area contributed by atoms with E-state index in [2.05, 4.69) is 101 Å². The topological polar surface area (TPSA) is 42.9 Å². The van der Waals surface area contributed by atoms with Gasteiger partial charge in [-0.1, -0.05) is 54.6 Å². The average molecular weight is 536 g/mol. The Kier molecular flexibility index (Phi) is 10.8. The third kappa shape index (κ3) is 8.09. The van der Waals surface area contributed by atoms with Crippen molar-refractivity contribution < 1.29 is 0 Å². The summed E-state index contributed by atoms with van der Waals surface area (Å²) in [7, 11) is 6.07. The molecule has 1 aliphatic rings. The van der Waals surface area contributed by atoms with Gasteiger partial charge in [0, 0.05) is 45.3 Å². The third-order valence-corrected chi connectivity index (χ3v) is 5.86. The first-order chi connectivity index (χ1) is 14.5. The van der Waals surface area contributed by atoms with Crippen LogP contribution in [0.5, 0.6) is 0 Å². The fourth-order valence-corrected chi connectivity index (χ4v) is 4.20. The molecule has 1 saturated heterocycles. The summed E-state index contributed by atoms with van der Waals surface area (Å²) in [5.74, 6) is 0.892. The smallest absolute Gasteiger partial charge is 0.191 e. The quantitative estimate of drug-likeness (QED) is 0.319. The monoisotopic (exact) mass is 535 g/mol. The van der Waals surface area contributed by atoms with Crippen LogP contribution in [0.15, 0.2) is 59.6 Å². The molecule has 0 spiro atoms. The van der Waals surface area contributed by atoms with Crippen molar-refractivity contribution in [2.24, 2.45) is 4.99 Å². The van der Waals surface area contributed by atoms with Gasteiger partial charge in [-0.25, -0.2) is 0 Å². The maximum atomic E-state index is 4.47. The molecule has 0 bridgehead atoms. The Morgan fingerprint density at radius 3 is 2.39 bits per heavy atom. The van der Waals surface area contributed by atoms with E-state index in [1.165, 1.54) is 16.7 Å². The van der Waals surface area contributed by atoms with Crippen LogP contribution in [0.4, 0.5) is 0 Å². The normalized spacial score (nSPS) is 19.7. The maximum Gasteiger partial charge on any atom is 0.191 e. The number of benzene rings is 2. The van der Waals surface area contributed by atoms with E-state index in [9.17, 15) is 0 Å². The van der Waals surface area contributed by atoms with Gasteiger partial charge in [0.2, 0.25) is 0 Å². The van der Waals surface area contributed by atoms with E-state index in [0.29, 0.717) is 12.1 Å². The van der Waals surface area contributed by atoms with E-state index >= 15 is 0 Å². The number of halogens is 1. The molecule has 2 atom stereocenters. The number of likely N-dealkylation sites (tertiary alicyclic amines) is 1. The molecule has 5 nitrogen and oxygen atoms in total. The van der Waals surface area contributed by atoms with Crippen molar-refractivity contribution in [3.05, 3.63) is 71.3 Å². The fourth-order valence-electron chi connectivity index (χ4n) is 4.20. The summed E-state index contributed by atoms with van der Waals surface area (Å²) in [6, 6.07) is 20.4. The van der Waals surface area contributed by atoms with Gasteiger partial charge in [0.15, 0.2) is 5.96 Å². The zero-order valence-electron chi connectivity index (χ0n) is 19.3. The standard InChI is InChI=1S/C25H37N5.HI/c1-20-16-24(14-15-30(20)18-21-10-6-5-7-11-21)28-25(26-2)27-17-22-12-8-9-13-23(22)19-29(3)4;/h5-13,20,24H,14-19H2,1-4H3,(H2,26,27,28);1H. The van der Waals surface area contributed by atoms with Crippen molar-refractivity contribution in [2.45, 2.75) is 51.5 Å². The Morgan fingerprint density at radius 2 is 1.74 bits per heavy atom. The van der Waals surface area contributed by atoms with Crippen LogP contribution in [0.3, 0.4) is 0 Å². The van der Waals surface area contributed by atoms with E-state index in [0.717, 1.165) is 45.0 Å². The van der Waals surface area contributed by atoms with Crippen LogP contribution in [0.2, 0.25) is 0 Å². The van der Waals surface area contributed by atoms with Gasteiger partial charge in [-0.2, -0.15) is 0 Å². The summed E-state index contributed by atoms with van der Waals surface area (Å²) >= 11 is 0. The molecule has 0 aromatic heterocycles. The van der Waals surface area contributed by atoms with Gasteiger partial charge in [-0.05, 0) is 50.6 Å². The van der Waals surface area contributed by atoms with Crippen molar-refractivity contribution in [1.82, 2.24) is 20.4 Å². The molecule has 2 aromatic carbocycles. The van der Waals surface area contributed by atoms with Crippen LogP contribution in [-0.2, 0) is 19.6 Å². The SMILES string of the molecule is CN=C(NCc1ccccc1CN(C)C)NC1CCN(Cc2ccccc2)C(C)C1.I. The highest BCUT2D eigenvalue weighted by Crippen LogP contribution is 2.20. The molecule has 31 heavy (non-hydrogen) atoms. The molecule has 0 saturated carbocycles. The van der Waals surface area contributed by atoms with Crippen LogP contribution in [-0.4, -0.2) is 55.5 Å². The first-order valence-electron chi connectivity index (χ1n) is 11.0. The Hall–Kier alpha value is -1.64. The molecule has 0 radical (unpaired) electrons. The molecule has 0 amide bonds. The number of nitrogens with zero attached hydrogens (tertiary/aromatic N) is 3. The van der Waals surface area contributed by atoms with Gasteiger partial charge in [0.25, 0.3) is 0 Å². The molecule has 3 rings (SSSR count). The highest BCUT2D eigenvalue weighted by Gasteiger charge is 2.26. The summed E-state index contributed by atoms with van der Waals surface area (Å²) in [4.78, 5) is 9.26. The minimum absolute atomic E-state index is 0. The fraction of sp³-hybridized carbons (Fsp3) is 0.480. The average Bonchev–Trinajstić information content (AvgIpc) is 2.74. The van der Waals surface area contributed by atoms with Crippen LogP contribution < -0.4 is 10.6 Å². The molecule has 1 aliphatic heterocycles. The van der Waals surface area contributed by atoms with Crippen molar-refractivity contribution in [3.8, 4) is 0 Å². The number of rotatable bonds is 7. The van der Waals surface area contributed by atoms with Gasteiger partial charge in [0.05, 0.1) is 0 Å². The minimum Gasteiger partial charge on any atom is -0.354 e. The molecule has 2 aromatic rings. The van der Waals surface area contributed by atoms with E-state index in [4.69, 9.17) is 0 Å². The largest absolute Gasteiger partial charge is 0.354 e. The number of piperidine rings is 1. The lowest BCUT2D eigenvalue weighted by molar-refractivity contribution is 0.134. The molecule has 6 heteroatoms. The van der Waals surface area contributed by atoms with E-state index in [1.807, 2.05) is 7.05 Å². The lowest BCUT2D eigenvalue weighted by Gasteiger charge is -2.38. The van der Waals surface area contributed by atoms with Crippen molar-refractivity contribution >= 4 is 29.9 Å². The van der Waals surface area contributed by atoms with Crippen molar-refractivity contribution in [3.63, 3.8) is 0 Å². The second-order valence-corrected chi connectivity index (χ2v) is 8.60. The lowest BCUT2D eigenvalue weighted by atomic mass is 9.97. The van der Waals surface area contributed by atoms with E-state index < -0.39 is 0 Å². The first kappa shape index (κ1) is 25.6. The van der Waals surface area contributed by atoms with E-state index in [1.54, 1.807) is 0 Å². The number of hydrogen-bond donors (Lipinski definition) is 2. The highest BCUT2D eigenvalue weighted by atomic mass is 127. The lowest BCUT2D eigenvalue weighted by Crippen LogP contribution is -2.51. The van der Waals surface area contributed by atoms with Gasteiger partial charge >= 0.3 is 0 Å². The van der Waals surface area contributed by atoms with Crippen molar-refractivity contribution in [1.29, 1.82) is 0 Å². The number of aliphatic imine (C=N–C) groups is 1. The van der Waals surface area contributed by atoms with Crippen LogP contribution in [0, 0.1) is 0 Å². The molecule has 0 aliphatic carbocycles. The van der Waals surface area contributed by atoms with Crippen molar-refractivity contribution in [2.75, 3.05) is 27.7 Å². The molecule has 170 valence electrons. The Labute approximate surface area is 205 Å². The third-order valence-electron chi connectivity index (χ3n) is 5.86. The predicted molar refractivity (Wildman–Crippen MR) is 142 cm³/mol. The molecular formula is C25H38IN5. The summed E-state index contributed by atoms with van der Waals surface area (Å²) in [6.45, 7) is 6.21. The molecule has 2 N–H and O–H groups in total.